The molecule has 0 spiro atoms. The number of anilines is 1. The van der Waals surface area contributed by atoms with E-state index in [0.717, 1.165) is 11.1 Å². The molecule has 0 aromatic heterocycles. The van der Waals surface area contributed by atoms with Crippen LogP contribution in [0.25, 0.3) is 0 Å². The van der Waals surface area contributed by atoms with Crippen LogP contribution in [0.4, 0.5) is 5.69 Å². The molecule has 3 N–H and O–H groups in total. The number of hydrogen-bond donors (Lipinski definition) is 2. The third kappa shape index (κ3) is 3.33. The molecule has 2 aromatic carbocycles. The second-order valence-corrected chi connectivity index (χ2v) is 5.84. The maximum atomic E-state index is 12.2. The topological polar surface area (TPSA) is 72.2 Å². The Balaban J connectivity index is 2.29. The van der Waals surface area contributed by atoms with Gasteiger partial charge in [-0.15, -0.1) is 0 Å². The average Bonchev–Trinajstić information content (AvgIpc) is 2.41. The molecule has 0 bridgehead atoms. The van der Waals surface area contributed by atoms with Crippen LogP contribution in [-0.4, -0.2) is 8.42 Å². The Kier molecular flexibility index (Phi) is 3.87. The molecule has 2 rings (SSSR count). The minimum atomic E-state index is -3.58. The van der Waals surface area contributed by atoms with Crippen molar-refractivity contribution in [1.82, 2.24) is 0 Å². The Hall–Kier alpha value is -1.85. The minimum Gasteiger partial charge on any atom is -0.326 e. The van der Waals surface area contributed by atoms with Crippen molar-refractivity contribution in [2.24, 2.45) is 5.73 Å². The summed E-state index contributed by atoms with van der Waals surface area (Å²) >= 11 is 0. The summed E-state index contributed by atoms with van der Waals surface area (Å²) in [5.41, 5.74) is 7.62. The largest absolute Gasteiger partial charge is 0.326 e. The second kappa shape index (κ2) is 5.42. The molecular weight excluding hydrogens is 260 g/mol. The smallest absolute Gasteiger partial charge is 0.261 e. The van der Waals surface area contributed by atoms with E-state index in [1.54, 1.807) is 42.5 Å². The molecular formula is C14H15N2O2S. The first kappa shape index (κ1) is 13.6. The summed E-state index contributed by atoms with van der Waals surface area (Å²) in [7, 11) is -3.58. The molecule has 0 aliphatic rings. The summed E-state index contributed by atoms with van der Waals surface area (Å²) in [4.78, 5) is 0.203. The molecule has 0 saturated heterocycles. The minimum absolute atomic E-state index is 0.203. The van der Waals surface area contributed by atoms with Gasteiger partial charge in [0.05, 0.1) is 4.90 Å². The van der Waals surface area contributed by atoms with Gasteiger partial charge in [0.2, 0.25) is 0 Å². The van der Waals surface area contributed by atoms with E-state index in [-0.39, 0.29) is 4.90 Å². The lowest BCUT2D eigenvalue weighted by Crippen LogP contribution is -2.13. The Morgan fingerprint density at radius 3 is 2.42 bits per heavy atom. The van der Waals surface area contributed by atoms with Gasteiger partial charge < -0.3 is 5.73 Å². The van der Waals surface area contributed by atoms with Crippen LogP contribution in [0.3, 0.4) is 0 Å². The van der Waals surface area contributed by atoms with Crippen LogP contribution in [0.5, 0.6) is 0 Å². The van der Waals surface area contributed by atoms with Crippen molar-refractivity contribution in [3.05, 3.63) is 66.6 Å². The van der Waals surface area contributed by atoms with Crippen LogP contribution >= 0.6 is 0 Å². The maximum absolute atomic E-state index is 12.2. The zero-order valence-electron chi connectivity index (χ0n) is 10.3. The lowest BCUT2D eigenvalue weighted by atomic mass is 10.2. The first-order valence-corrected chi connectivity index (χ1v) is 7.23. The van der Waals surface area contributed by atoms with E-state index in [4.69, 9.17) is 5.73 Å². The van der Waals surface area contributed by atoms with E-state index in [1.165, 1.54) is 6.07 Å². The van der Waals surface area contributed by atoms with Gasteiger partial charge in [-0.25, -0.2) is 8.42 Å². The molecule has 0 aliphatic carbocycles. The van der Waals surface area contributed by atoms with Gasteiger partial charge in [-0.1, -0.05) is 24.3 Å². The number of rotatable bonds is 4. The van der Waals surface area contributed by atoms with Crippen molar-refractivity contribution < 1.29 is 8.42 Å². The molecule has 19 heavy (non-hydrogen) atoms. The van der Waals surface area contributed by atoms with Crippen LogP contribution in [0.15, 0.2) is 53.4 Å². The highest BCUT2D eigenvalue weighted by molar-refractivity contribution is 7.92. The number of benzene rings is 2. The molecule has 99 valence electrons. The fraction of sp³-hybridized carbons (Fsp3) is 0.0714. The van der Waals surface area contributed by atoms with E-state index in [1.807, 2.05) is 0 Å². The van der Waals surface area contributed by atoms with Gasteiger partial charge in [0, 0.05) is 12.2 Å². The molecule has 0 saturated carbocycles. The van der Waals surface area contributed by atoms with Gasteiger partial charge in [0.25, 0.3) is 10.0 Å². The summed E-state index contributed by atoms with van der Waals surface area (Å²) in [6.45, 7) is 4.05. The molecule has 0 heterocycles. The quantitative estimate of drug-likeness (QED) is 0.897. The summed E-state index contributed by atoms with van der Waals surface area (Å²) in [6.07, 6.45) is 0. The van der Waals surface area contributed by atoms with Gasteiger partial charge in [-0.3, -0.25) is 4.72 Å². The fourth-order valence-electron chi connectivity index (χ4n) is 1.63. The lowest BCUT2D eigenvalue weighted by molar-refractivity contribution is 0.601. The molecule has 0 unspecified atom stereocenters. The van der Waals surface area contributed by atoms with Crippen LogP contribution in [0.1, 0.15) is 11.1 Å². The Labute approximate surface area is 113 Å². The first-order chi connectivity index (χ1) is 9.01. The highest BCUT2D eigenvalue weighted by atomic mass is 32.2. The normalized spacial score (nSPS) is 11.3. The van der Waals surface area contributed by atoms with E-state index < -0.39 is 10.0 Å². The van der Waals surface area contributed by atoms with Crippen molar-refractivity contribution in [1.29, 1.82) is 0 Å². The molecule has 0 fully saturated rings. The summed E-state index contributed by atoms with van der Waals surface area (Å²) in [5, 5.41) is 0. The average molecular weight is 275 g/mol. The summed E-state index contributed by atoms with van der Waals surface area (Å²) in [6, 6.07) is 13.4. The van der Waals surface area contributed by atoms with Crippen molar-refractivity contribution in [3.63, 3.8) is 0 Å². The van der Waals surface area contributed by atoms with Crippen molar-refractivity contribution in [3.8, 4) is 0 Å². The van der Waals surface area contributed by atoms with Gasteiger partial charge in [-0.05, 0) is 42.3 Å². The molecule has 1 radical (unpaired) electrons. The molecule has 0 amide bonds. The van der Waals surface area contributed by atoms with Crippen molar-refractivity contribution in [2.45, 2.75) is 11.4 Å². The Morgan fingerprint density at radius 2 is 1.79 bits per heavy atom. The predicted octanol–water partition coefficient (Wildman–Crippen LogP) is 2.13. The Morgan fingerprint density at radius 1 is 1.11 bits per heavy atom. The number of nitrogens with two attached hydrogens (primary N) is 1. The number of sulfonamides is 1. The molecule has 2 aromatic rings. The highest BCUT2D eigenvalue weighted by Gasteiger charge is 2.14. The molecule has 4 nitrogen and oxygen atoms in total. The molecule has 5 heteroatoms. The fourth-order valence-corrected chi connectivity index (χ4v) is 2.75. The van der Waals surface area contributed by atoms with Crippen LogP contribution in [0, 0.1) is 6.92 Å². The highest BCUT2D eigenvalue weighted by Crippen LogP contribution is 2.17. The van der Waals surface area contributed by atoms with E-state index >= 15 is 0 Å². The van der Waals surface area contributed by atoms with Gasteiger partial charge in [-0.2, -0.15) is 0 Å². The number of nitrogens with one attached hydrogen (secondary N) is 1. The van der Waals surface area contributed by atoms with Crippen molar-refractivity contribution >= 4 is 15.7 Å². The van der Waals surface area contributed by atoms with Crippen LogP contribution in [-0.2, 0) is 16.6 Å². The van der Waals surface area contributed by atoms with Crippen LogP contribution < -0.4 is 10.5 Å². The van der Waals surface area contributed by atoms with E-state index in [0.29, 0.717) is 12.2 Å². The third-order valence-corrected chi connectivity index (χ3v) is 4.03. The van der Waals surface area contributed by atoms with Gasteiger partial charge in [0.15, 0.2) is 0 Å². The zero-order chi connectivity index (χ0) is 13.9. The van der Waals surface area contributed by atoms with E-state index in [9.17, 15) is 8.42 Å². The summed E-state index contributed by atoms with van der Waals surface area (Å²) in [5.74, 6) is 0. The molecule has 0 atom stereocenters. The maximum Gasteiger partial charge on any atom is 0.261 e. The second-order valence-electron chi connectivity index (χ2n) is 4.15. The Bertz CT molecular complexity index is 664. The van der Waals surface area contributed by atoms with E-state index in [2.05, 4.69) is 11.6 Å². The standard InChI is InChI=1S/C14H15N2O2S/c1-11-5-7-13(8-6-11)16-19(17,18)14-4-2-3-12(9-14)10-15/h2-9,16H,1,10,15H2. The first-order valence-electron chi connectivity index (χ1n) is 5.75. The van der Waals surface area contributed by atoms with Gasteiger partial charge in [0.1, 0.15) is 0 Å². The third-order valence-electron chi connectivity index (χ3n) is 2.65. The van der Waals surface area contributed by atoms with Gasteiger partial charge >= 0.3 is 0 Å². The predicted molar refractivity (Wildman–Crippen MR) is 76.0 cm³/mol. The monoisotopic (exact) mass is 275 g/mol. The summed E-state index contributed by atoms with van der Waals surface area (Å²) < 4.78 is 26.9. The lowest BCUT2D eigenvalue weighted by Gasteiger charge is -2.09. The molecule has 0 aliphatic heterocycles. The SMILES string of the molecule is [CH2]c1ccc(NS(=O)(=O)c2cccc(CN)c2)cc1. The van der Waals surface area contributed by atoms with Crippen LogP contribution in [0.2, 0.25) is 0 Å². The van der Waals surface area contributed by atoms with Crippen molar-refractivity contribution in [2.75, 3.05) is 4.72 Å². The number of hydrogen-bond acceptors (Lipinski definition) is 3. The zero-order valence-corrected chi connectivity index (χ0v) is 11.2.